The maximum absolute atomic E-state index is 14.2. The van der Waals surface area contributed by atoms with E-state index in [9.17, 15) is 35.5 Å². The number of nitrogens with one attached hydrogen (secondary N) is 1. The largest absolute Gasteiger partial charge is 0.435 e. The zero-order valence-corrected chi connectivity index (χ0v) is 18.8. The van der Waals surface area contributed by atoms with Crippen LogP contribution in [0.3, 0.4) is 0 Å². The van der Waals surface area contributed by atoms with Gasteiger partial charge >= 0.3 is 6.18 Å². The molecule has 188 valence electrons. The van der Waals surface area contributed by atoms with Gasteiger partial charge < -0.3 is 10.2 Å². The van der Waals surface area contributed by atoms with E-state index in [0.29, 0.717) is 11.6 Å². The van der Waals surface area contributed by atoms with Crippen molar-refractivity contribution >= 4 is 23.2 Å². The summed E-state index contributed by atoms with van der Waals surface area (Å²) in [4.78, 5) is 17.3. The lowest BCUT2D eigenvalue weighted by atomic mass is 9.85. The third-order valence-corrected chi connectivity index (χ3v) is 6.27. The lowest BCUT2D eigenvalue weighted by Crippen LogP contribution is -2.50. The standard InChI is InChI=1S/C23H18ClF7N2O2/c1-11-4-12(2-3-17(11)20(34)32-16-8-21(27,28)9-16)18-10-22(35-33-18,23(29,30)31)14-5-13(19(25)26)6-15(24)7-14/h2-7,16,19H,8-10H2,1H3,(H,32,34)/t22-/m1/s1. The van der Waals surface area contributed by atoms with Crippen molar-refractivity contribution in [3.05, 3.63) is 69.2 Å². The molecule has 0 saturated heterocycles. The van der Waals surface area contributed by atoms with Gasteiger partial charge in [0.1, 0.15) is 0 Å². The molecular formula is C23H18ClF7N2O2. The Labute approximate surface area is 200 Å². The summed E-state index contributed by atoms with van der Waals surface area (Å²) in [5.74, 6) is -3.39. The second-order valence-electron chi connectivity index (χ2n) is 8.67. The van der Waals surface area contributed by atoms with Crippen LogP contribution in [0.2, 0.25) is 5.02 Å². The van der Waals surface area contributed by atoms with Gasteiger partial charge in [0.15, 0.2) is 0 Å². The van der Waals surface area contributed by atoms with E-state index in [0.717, 1.165) is 12.1 Å². The number of carbonyl (C=O) groups is 1. The zero-order chi connectivity index (χ0) is 25.8. The molecule has 1 atom stereocenters. The summed E-state index contributed by atoms with van der Waals surface area (Å²) in [5, 5.41) is 5.78. The molecule has 0 aromatic heterocycles. The minimum Gasteiger partial charge on any atom is -0.374 e. The fraction of sp³-hybridized carbons (Fsp3) is 0.391. The van der Waals surface area contributed by atoms with E-state index in [4.69, 9.17) is 16.4 Å². The number of carbonyl (C=O) groups excluding carboxylic acids is 1. The number of hydrogen-bond acceptors (Lipinski definition) is 3. The molecule has 2 aromatic carbocycles. The van der Waals surface area contributed by atoms with E-state index in [1.807, 2.05) is 0 Å². The minimum atomic E-state index is -5.03. The van der Waals surface area contributed by atoms with Gasteiger partial charge in [-0.3, -0.25) is 4.79 Å². The minimum absolute atomic E-state index is 0.116. The fourth-order valence-corrected chi connectivity index (χ4v) is 4.40. The Morgan fingerprint density at radius 1 is 1.17 bits per heavy atom. The molecule has 0 spiro atoms. The molecular weight excluding hydrogens is 505 g/mol. The molecule has 4 nitrogen and oxygen atoms in total. The van der Waals surface area contributed by atoms with Gasteiger partial charge in [-0.2, -0.15) is 13.2 Å². The molecule has 0 unspecified atom stereocenters. The number of amides is 1. The molecule has 12 heteroatoms. The van der Waals surface area contributed by atoms with Gasteiger partial charge in [0, 0.05) is 47.0 Å². The molecule has 0 radical (unpaired) electrons. The summed E-state index contributed by atoms with van der Waals surface area (Å²) in [7, 11) is 0. The molecule has 0 bridgehead atoms. The van der Waals surface area contributed by atoms with Crippen LogP contribution in [0, 0.1) is 6.92 Å². The normalized spacial score (nSPS) is 21.9. The van der Waals surface area contributed by atoms with Crippen LogP contribution in [0.25, 0.3) is 0 Å². The molecule has 4 rings (SSSR count). The van der Waals surface area contributed by atoms with Crippen molar-refractivity contribution in [1.82, 2.24) is 5.32 Å². The van der Waals surface area contributed by atoms with Gasteiger partial charge in [0.2, 0.25) is 0 Å². The van der Waals surface area contributed by atoms with Crippen molar-refractivity contribution in [2.75, 3.05) is 0 Å². The second-order valence-corrected chi connectivity index (χ2v) is 9.11. The molecule has 2 aliphatic rings. The third-order valence-electron chi connectivity index (χ3n) is 6.05. The number of rotatable bonds is 5. The van der Waals surface area contributed by atoms with Gasteiger partial charge in [0.05, 0.1) is 5.71 Å². The van der Waals surface area contributed by atoms with Crippen molar-refractivity contribution in [3.63, 3.8) is 0 Å². The summed E-state index contributed by atoms with van der Waals surface area (Å²) in [6.07, 6.45) is -9.81. The van der Waals surface area contributed by atoms with E-state index in [1.54, 1.807) is 0 Å². The first-order valence-corrected chi connectivity index (χ1v) is 10.8. The molecule has 1 aliphatic heterocycles. The van der Waals surface area contributed by atoms with Crippen molar-refractivity contribution in [2.24, 2.45) is 5.16 Å². The summed E-state index contributed by atoms with van der Waals surface area (Å²) in [6.45, 7) is 1.53. The topological polar surface area (TPSA) is 50.7 Å². The summed E-state index contributed by atoms with van der Waals surface area (Å²) >= 11 is 5.80. The van der Waals surface area contributed by atoms with Gasteiger partial charge in [-0.15, -0.1) is 0 Å². The second kappa shape index (κ2) is 8.69. The van der Waals surface area contributed by atoms with Crippen LogP contribution in [0.1, 0.15) is 58.3 Å². The Morgan fingerprint density at radius 2 is 1.86 bits per heavy atom. The maximum atomic E-state index is 14.2. The first-order valence-electron chi connectivity index (χ1n) is 10.4. The van der Waals surface area contributed by atoms with E-state index < -0.39 is 66.5 Å². The first-order chi connectivity index (χ1) is 16.2. The molecule has 1 heterocycles. The van der Waals surface area contributed by atoms with Crippen LogP contribution in [0.4, 0.5) is 30.7 Å². The number of oxime groups is 1. The lowest BCUT2D eigenvalue weighted by Gasteiger charge is -2.35. The van der Waals surface area contributed by atoms with Crippen LogP contribution < -0.4 is 5.32 Å². The van der Waals surface area contributed by atoms with E-state index in [-0.39, 0.29) is 21.9 Å². The number of nitrogens with zero attached hydrogens (tertiary/aromatic N) is 1. The van der Waals surface area contributed by atoms with Crippen molar-refractivity contribution in [3.8, 4) is 0 Å². The van der Waals surface area contributed by atoms with E-state index >= 15 is 0 Å². The van der Waals surface area contributed by atoms with Crippen molar-refractivity contribution in [2.45, 2.75) is 56.4 Å². The highest BCUT2D eigenvalue weighted by atomic mass is 35.5. The average molecular weight is 523 g/mol. The molecule has 2 aromatic rings. The maximum Gasteiger partial charge on any atom is 0.435 e. The number of halogens is 8. The highest BCUT2D eigenvalue weighted by Gasteiger charge is 2.62. The molecule has 1 saturated carbocycles. The molecule has 1 N–H and O–H groups in total. The number of benzene rings is 2. The number of alkyl halides is 7. The molecule has 35 heavy (non-hydrogen) atoms. The molecule has 1 aliphatic carbocycles. The Hall–Kier alpha value is -2.82. The number of hydrogen-bond donors (Lipinski definition) is 1. The monoisotopic (exact) mass is 522 g/mol. The Bertz CT molecular complexity index is 1190. The first kappa shape index (κ1) is 25.3. The molecule has 1 amide bonds. The highest BCUT2D eigenvalue weighted by Crippen LogP contribution is 2.50. The van der Waals surface area contributed by atoms with Crippen LogP contribution in [0.5, 0.6) is 0 Å². The lowest BCUT2D eigenvalue weighted by molar-refractivity contribution is -0.275. The zero-order valence-electron chi connectivity index (χ0n) is 18.0. The highest BCUT2D eigenvalue weighted by molar-refractivity contribution is 6.30. The molecule has 1 fully saturated rings. The summed E-state index contributed by atoms with van der Waals surface area (Å²) in [6, 6.07) is 5.92. The van der Waals surface area contributed by atoms with Gasteiger partial charge in [-0.05, 0) is 48.4 Å². The van der Waals surface area contributed by atoms with Crippen LogP contribution >= 0.6 is 11.6 Å². The van der Waals surface area contributed by atoms with Gasteiger partial charge in [-0.1, -0.05) is 22.8 Å². The average Bonchev–Trinajstić information content (AvgIpc) is 3.19. The Kier molecular flexibility index (Phi) is 6.27. The van der Waals surface area contributed by atoms with Gasteiger partial charge in [-0.25, -0.2) is 17.6 Å². The predicted octanol–water partition coefficient (Wildman–Crippen LogP) is 6.70. The van der Waals surface area contributed by atoms with Crippen LogP contribution in [-0.2, 0) is 10.4 Å². The van der Waals surface area contributed by atoms with Crippen LogP contribution in [0.15, 0.2) is 41.6 Å². The third kappa shape index (κ3) is 4.82. The Balaban J connectivity index is 1.58. The van der Waals surface area contributed by atoms with Gasteiger partial charge in [0.25, 0.3) is 23.9 Å². The SMILES string of the molecule is Cc1cc(C2=NO[C@](c3cc(Cl)cc(C(F)F)c3)(C(F)(F)F)C2)ccc1C(=O)NC1CC(F)(F)C1. The quantitative estimate of drug-likeness (QED) is 0.445. The number of aryl methyl sites for hydroxylation is 1. The van der Waals surface area contributed by atoms with Crippen molar-refractivity contribution in [1.29, 1.82) is 0 Å². The predicted molar refractivity (Wildman–Crippen MR) is 113 cm³/mol. The van der Waals surface area contributed by atoms with Crippen LogP contribution in [-0.4, -0.2) is 29.8 Å². The smallest absolute Gasteiger partial charge is 0.374 e. The Morgan fingerprint density at radius 3 is 2.43 bits per heavy atom. The van der Waals surface area contributed by atoms with Crippen molar-refractivity contribution < 1.29 is 40.4 Å². The summed E-state index contributed by atoms with van der Waals surface area (Å²) < 4.78 is 94.9. The van der Waals surface area contributed by atoms with E-state index in [2.05, 4.69) is 10.5 Å². The van der Waals surface area contributed by atoms with E-state index in [1.165, 1.54) is 25.1 Å². The fourth-order valence-electron chi connectivity index (χ4n) is 4.15. The summed E-state index contributed by atoms with van der Waals surface area (Å²) in [5.41, 5.74) is -3.69.